The van der Waals surface area contributed by atoms with Crippen LogP contribution in [0, 0.1) is 0 Å². The van der Waals surface area contributed by atoms with E-state index in [9.17, 15) is 13.2 Å². The highest BCUT2D eigenvalue weighted by molar-refractivity contribution is 7.89. The normalized spacial score (nSPS) is 14.8. The van der Waals surface area contributed by atoms with Crippen molar-refractivity contribution in [1.82, 2.24) is 4.31 Å². The summed E-state index contributed by atoms with van der Waals surface area (Å²) in [6.07, 6.45) is 0. The van der Waals surface area contributed by atoms with Crippen LogP contribution in [0.4, 0.5) is 5.69 Å². The van der Waals surface area contributed by atoms with Crippen molar-refractivity contribution in [2.24, 2.45) is 0 Å². The smallest absolute Gasteiger partial charge is 0.262 e. The van der Waals surface area contributed by atoms with Crippen molar-refractivity contribution in [1.29, 1.82) is 0 Å². The number of nitrogens with one attached hydrogen (secondary N) is 1. The zero-order chi connectivity index (χ0) is 14.0. The van der Waals surface area contributed by atoms with Crippen molar-refractivity contribution >= 4 is 21.6 Å². The summed E-state index contributed by atoms with van der Waals surface area (Å²) in [6, 6.07) is 4.48. The molecule has 6 nitrogen and oxygen atoms in total. The first-order valence-corrected chi connectivity index (χ1v) is 7.50. The minimum absolute atomic E-state index is 0.0465. The van der Waals surface area contributed by atoms with Crippen molar-refractivity contribution in [2.45, 2.75) is 18.7 Å². The lowest BCUT2D eigenvalue weighted by Gasteiger charge is -2.21. The Morgan fingerprint density at radius 1 is 1.32 bits per heavy atom. The highest BCUT2D eigenvalue weighted by Gasteiger charge is 2.24. The van der Waals surface area contributed by atoms with E-state index in [1.807, 2.05) is 0 Å². The Bertz CT molecular complexity index is 594. The minimum Gasteiger partial charge on any atom is -0.482 e. The number of hydrogen-bond donors (Lipinski definition) is 1. The molecule has 0 fully saturated rings. The lowest BCUT2D eigenvalue weighted by atomic mass is 10.2. The molecule has 0 unspecified atom stereocenters. The van der Waals surface area contributed by atoms with Gasteiger partial charge < -0.3 is 10.1 Å². The third-order valence-corrected chi connectivity index (χ3v) is 4.97. The fraction of sp³-hybridized carbons (Fsp3) is 0.417. The number of rotatable bonds is 4. The molecule has 0 aliphatic carbocycles. The Labute approximate surface area is 112 Å². The van der Waals surface area contributed by atoms with E-state index in [0.29, 0.717) is 24.5 Å². The maximum absolute atomic E-state index is 12.3. The van der Waals surface area contributed by atoms with Crippen LogP contribution in [0.15, 0.2) is 23.1 Å². The number of anilines is 1. The molecule has 0 aromatic heterocycles. The summed E-state index contributed by atoms with van der Waals surface area (Å²) in [5.74, 6) is 0.197. The second kappa shape index (κ2) is 5.18. The number of benzene rings is 1. The molecule has 7 heteroatoms. The number of nitrogens with zero attached hydrogens (tertiary/aromatic N) is 1. The van der Waals surface area contributed by atoms with E-state index >= 15 is 0 Å². The number of fused-ring (bicyclic) bond motifs is 1. The molecule has 1 heterocycles. The van der Waals surface area contributed by atoms with Gasteiger partial charge in [0.05, 0.1) is 10.6 Å². The van der Waals surface area contributed by atoms with Crippen LogP contribution in [-0.2, 0) is 14.8 Å². The maximum atomic E-state index is 12.3. The summed E-state index contributed by atoms with van der Waals surface area (Å²) >= 11 is 0. The first-order chi connectivity index (χ1) is 8.98. The monoisotopic (exact) mass is 284 g/mol. The van der Waals surface area contributed by atoms with Crippen LogP contribution >= 0.6 is 0 Å². The van der Waals surface area contributed by atoms with E-state index < -0.39 is 10.0 Å². The van der Waals surface area contributed by atoms with Crippen LogP contribution in [0.3, 0.4) is 0 Å². The lowest BCUT2D eigenvalue weighted by molar-refractivity contribution is -0.118. The van der Waals surface area contributed by atoms with E-state index in [1.54, 1.807) is 19.9 Å². The van der Waals surface area contributed by atoms with Gasteiger partial charge in [0.25, 0.3) is 5.91 Å². The first kappa shape index (κ1) is 13.8. The van der Waals surface area contributed by atoms with Gasteiger partial charge in [-0.25, -0.2) is 8.42 Å². The topological polar surface area (TPSA) is 75.7 Å². The Morgan fingerprint density at radius 2 is 2.00 bits per heavy atom. The van der Waals surface area contributed by atoms with Gasteiger partial charge in [0.1, 0.15) is 5.75 Å². The third-order valence-electron chi connectivity index (χ3n) is 2.93. The number of carbonyl (C=O) groups excluding carboxylic acids is 1. The quantitative estimate of drug-likeness (QED) is 0.896. The number of hydrogen-bond acceptors (Lipinski definition) is 4. The van der Waals surface area contributed by atoms with Gasteiger partial charge in [0, 0.05) is 13.1 Å². The van der Waals surface area contributed by atoms with Crippen LogP contribution in [-0.4, -0.2) is 38.3 Å². The summed E-state index contributed by atoms with van der Waals surface area (Å²) in [4.78, 5) is 11.4. The fourth-order valence-electron chi connectivity index (χ4n) is 1.94. The molecule has 1 aliphatic heterocycles. The molecule has 1 amide bonds. The maximum Gasteiger partial charge on any atom is 0.262 e. The van der Waals surface area contributed by atoms with Gasteiger partial charge in [-0.15, -0.1) is 0 Å². The molecule has 104 valence electrons. The van der Waals surface area contributed by atoms with Crippen molar-refractivity contribution in [3.05, 3.63) is 18.2 Å². The van der Waals surface area contributed by atoms with Gasteiger partial charge in [-0.3, -0.25) is 4.79 Å². The second-order valence-electron chi connectivity index (χ2n) is 4.08. The highest BCUT2D eigenvalue weighted by atomic mass is 32.2. The number of ether oxygens (including phenoxy) is 1. The van der Waals surface area contributed by atoms with Crippen LogP contribution in [0.2, 0.25) is 0 Å². The SMILES string of the molecule is CCN(CC)S(=O)(=O)c1ccc2c(c1)NC(=O)CO2. The summed E-state index contributed by atoms with van der Waals surface area (Å²) in [7, 11) is -3.53. The van der Waals surface area contributed by atoms with Gasteiger partial charge in [-0.1, -0.05) is 13.8 Å². The van der Waals surface area contributed by atoms with Crippen LogP contribution in [0.5, 0.6) is 5.75 Å². The first-order valence-electron chi connectivity index (χ1n) is 6.06. The van der Waals surface area contributed by atoms with Crippen molar-refractivity contribution in [2.75, 3.05) is 25.0 Å². The second-order valence-corrected chi connectivity index (χ2v) is 6.02. The van der Waals surface area contributed by atoms with Crippen LogP contribution in [0.25, 0.3) is 0 Å². The van der Waals surface area contributed by atoms with Gasteiger partial charge >= 0.3 is 0 Å². The van der Waals surface area contributed by atoms with E-state index in [4.69, 9.17) is 4.74 Å². The number of carbonyl (C=O) groups is 1. The summed E-state index contributed by atoms with van der Waals surface area (Å²) < 4.78 is 31.2. The summed E-state index contributed by atoms with van der Waals surface area (Å²) in [5.41, 5.74) is 0.393. The van der Waals surface area contributed by atoms with E-state index in [0.717, 1.165) is 0 Å². The summed E-state index contributed by atoms with van der Waals surface area (Å²) in [6.45, 7) is 4.32. The Hall–Kier alpha value is -1.60. The van der Waals surface area contributed by atoms with Crippen molar-refractivity contribution in [3.63, 3.8) is 0 Å². The molecule has 2 rings (SSSR count). The van der Waals surface area contributed by atoms with Gasteiger partial charge in [0.2, 0.25) is 10.0 Å². The van der Waals surface area contributed by atoms with E-state index in [1.165, 1.54) is 16.4 Å². The Balaban J connectivity index is 2.42. The summed E-state index contributed by atoms with van der Waals surface area (Å²) in [5, 5.41) is 2.60. The molecule has 0 radical (unpaired) electrons. The highest BCUT2D eigenvalue weighted by Crippen LogP contribution is 2.31. The van der Waals surface area contributed by atoms with Crippen LogP contribution in [0.1, 0.15) is 13.8 Å². The molecule has 0 atom stereocenters. The number of amides is 1. The molecule has 1 aromatic rings. The molecule has 19 heavy (non-hydrogen) atoms. The van der Waals surface area contributed by atoms with Crippen molar-refractivity contribution < 1.29 is 17.9 Å². The van der Waals surface area contributed by atoms with Crippen LogP contribution < -0.4 is 10.1 Å². The minimum atomic E-state index is -3.53. The van der Waals surface area contributed by atoms with E-state index in [2.05, 4.69) is 5.32 Å². The Kier molecular flexibility index (Phi) is 3.77. The molecule has 0 bridgehead atoms. The fourth-order valence-corrected chi connectivity index (χ4v) is 3.42. The average Bonchev–Trinajstić information content (AvgIpc) is 2.38. The van der Waals surface area contributed by atoms with Gasteiger partial charge in [-0.05, 0) is 18.2 Å². The standard InChI is InChI=1S/C12H16N2O4S/c1-3-14(4-2)19(16,17)9-5-6-11-10(7-9)13-12(15)8-18-11/h5-7H,3-4,8H2,1-2H3,(H,13,15). The molecule has 0 saturated carbocycles. The van der Waals surface area contributed by atoms with Gasteiger partial charge in [0.15, 0.2) is 6.61 Å². The van der Waals surface area contributed by atoms with Gasteiger partial charge in [-0.2, -0.15) is 4.31 Å². The molecule has 0 spiro atoms. The Morgan fingerprint density at radius 3 is 2.63 bits per heavy atom. The number of sulfonamides is 1. The zero-order valence-electron chi connectivity index (χ0n) is 10.8. The van der Waals surface area contributed by atoms with E-state index in [-0.39, 0.29) is 17.4 Å². The van der Waals surface area contributed by atoms with Crippen molar-refractivity contribution in [3.8, 4) is 5.75 Å². The largest absolute Gasteiger partial charge is 0.482 e. The molecule has 1 N–H and O–H groups in total. The predicted molar refractivity (Wildman–Crippen MR) is 70.7 cm³/mol. The lowest BCUT2D eigenvalue weighted by Crippen LogP contribution is -2.31. The molecular weight excluding hydrogens is 268 g/mol. The molecule has 1 aliphatic rings. The zero-order valence-corrected chi connectivity index (χ0v) is 11.7. The molecule has 0 saturated heterocycles. The molecule has 1 aromatic carbocycles. The predicted octanol–water partition coefficient (Wildman–Crippen LogP) is 1.05. The molecular formula is C12H16N2O4S. The third kappa shape index (κ3) is 2.57. The average molecular weight is 284 g/mol.